The fourth-order valence-electron chi connectivity index (χ4n) is 2.93. The fraction of sp³-hybridized carbons (Fsp3) is 1.00. The predicted octanol–water partition coefficient (Wildman–Crippen LogP) is 0.784. The van der Waals surface area contributed by atoms with Gasteiger partial charge in [0.15, 0.2) is 0 Å². The molecule has 94 valence electrons. The SMILES string of the molecule is CC(C)S(=O)(=O)N1C[C@H]2CCC(N)C[C@H]2C1. The minimum absolute atomic E-state index is 0.281. The van der Waals surface area contributed by atoms with Crippen LogP contribution in [0.3, 0.4) is 0 Å². The lowest BCUT2D eigenvalue weighted by molar-refractivity contribution is 0.271. The number of fused-ring (bicyclic) bond motifs is 1. The number of nitrogens with zero attached hydrogens (tertiary/aromatic N) is 1. The van der Waals surface area contributed by atoms with Gasteiger partial charge in [-0.1, -0.05) is 0 Å². The highest BCUT2D eigenvalue weighted by Gasteiger charge is 2.41. The number of nitrogens with two attached hydrogens (primary N) is 1. The van der Waals surface area contributed by atoms with Gasteiger partial charge in [-0.15, -0.1) is 0 Å². The van der Waals surface area contributed by atoms with Crippen molar-refractivity contribution in [2.75, 3.05) is 13.1 Å². The molecule has 1 heterocycles. The molecule has 0 aromatic rings. The second kappa shape index (κ2) is 4.27. The summed E-state index contributed by atoms with van der Waals surface area (Å²) in [6, 6.07) is 0.281. The summed E-state index contributed by atoms with van der Waals surface area (Å²) in [4.78, 5) is 0. The molecule has 0 aromatic heterocycles. The van der Waals surface area contributed by atoms with Gasteiger partial charge in [-0.05, 0) is 44.9 Å². The minimum atomic E-state index is -3.06. The third kappa shape index (κ3) is 2.13. The Balaban J connectivity index is 2.08. The van der Waals surface area contributed by atoms with Crippen molar-refractivity contribution < 1.29 is 8.42 Å². The topological polar surface area (TPSA) is 63.4 Å². The molecule has 0 amide bonds. The lowest BCUT2D eigenvalue weighted by Crippen LogP contribution is -2.35. The summed E-state index contributed by atoms with van der Waals surface area (Å²) in [5, 5.41) is -0.304. The van der Waals surface area contributed by atoms with Crippen LogP contribution in [-0.4, -0.2) is 37.1 Å². The molecular weight excluding hydrogens is 224 g/mol. The van der Waals surface area contributed by atoms with Gasteiger partial charge in [-0.3, -0.25) is 0 Å². The van der Waals surface area contributed by atoms with E-state index in [1.54, 1.807) is 18.2 Å². The number of rotatable bonds is 2. The van der Waals surface area contributed by atoms with Crippen LogP contribution in [0, 0.1) is 11.8 Å². The van der Waals surface area contributed by atoms with E-state index in [0.29, 0.717) is 18.4 Å². The Morgan fingerprint density at radius 1 is 1.19 bits per heavy atom. The molecule has 2 N–H and O–H groups in total. The van der Waals surface area contributed by atoms with Crippen LogP contribution in [0.2, 0.25) is 0 Å². The van der Waals surface area contributed by atoms with Gasteiger partial charge in [0.1, 0.15) is 0 Å². The molecule has 0 bridgehead atoms. The zero-order chi connectivity index (χ0) is 11.9. The smallest absolute Gasteiger partial charge is 0.216 e. The van der Waals surface area contributed by atoms with Crippen LogP contribution in [0.5, 0.6) is 0 Å². The van der Waals surface area contributed by atoms with Gasteiger partial charge in [0, 0.05) is 19.1 Å². The van der Waals surface area contributed by atoms with E-state index in [0.717, 1.165) is 25.8 Å². The zero-order valence-electron chi connectivity index (χ0n) is 10.1. The predicted molar refractivity (Wildman–Crippen MR) is 64.4 cm³/mol. The maximum Gasteiger partial charge on any atom is 0.216 e. The molecule has 1 saturated carbocycles. The third-order valence-electron chi connectivity index (χ3n) is 4.01. The minimum Gasteiger partial charge on any atom is -0.328 e. The third-order valence-corrected chi connectivity index (χ3v) is 6.22. The van der Waals surface area contributed by atoms with Crippen molar-refractivity contribution in [3.8, 4) is 0 Å². The molecule has 1 aliphatic carbocycles. The van der Waals surface area contributed by atoms with Crippen LogP contribution in [0.1, 0.15) is 33.1 Å². The molecule has 16 heavy (non-hydrogen) atoms. The van der Waals surface area contributed by atoms with E-state index in [4.69, 9.17) is 5.73 Å². The molecule has 3 atom stereocenters. The second-order valence-electron chi connectivity index (χ2n) is 5.50. The van der Waals surface area contributed by atoms with Gasteiger partial charge in [-0.2, -0.15) is 0 Å². The molecule has 2 fully saturated rings. The Morgan fingerprint density at radius 3 is 2.44 bits per heavy atom. The van der Waals surface area contributed by atoms with E-state index >= 15 is 0 Å². The standard InChI is InChI=1S/C11H22N2O2S/c1-8(2)16(14,15)13-6-9-3-4-11(12)5-10(9)7-13/h8-11H,3-7,12H2,1-2H3/t9-,10+,11?/m1/s1. The number of sulfonamides is 1. The maximum atomic E-state index is 12.1. The van der Waals surface area contributed by atoms with Crippen LogP contribution < -0.4 is 5.73 Å². The van der Waals surface area contributed by atoms with Crippen LogP contribution >= 0.6 is 0 Å². The van der Waals surface area contributed by atoms with Gasteiger partial charge in [0.25, 0.3) is 0 Å². The quantitative estimate of drug-likeness (QED) is 0.783. The Bertz CT molecular complexity index is 353. The van der Waals surface area contributed by atoms with E-state index in [-0.39, 0.29) is 11.3 Å². The van der Waals surface area contributed by atoms with Gasteiger partial charge in [-0.25, -0.2) is 12.7 Å². The monoisotopic (exact) mass is 246 g/mol. The summed E-state index contributed by atoms with van der Waals surface area (Å²) in [6.45, 7) is 4.92. The van der Waals surface area contributed by atoms with Crippen molar-refractivity contribution in [3.63, 3.8) is 0 Å². The van der Waals surface area contributed by atoms with Gasteiger partial charge in [0.2, 0.25) is 10.0 Å². The highest BCUT2D eigenvalue weighted by molar-refractivity contribution is 7.89. The molecule has 0 spiro atoms. The maximum absolute atomic E-state index is 12.1. The lowest BCUT2D eigenvalue weighted by atomic mass is 9.79. The van der Waals surface area contributed by atoms with Gasteiger partial charge < -0.3 is 5.73 Å². The molecular formula is C11H22N2O2S. The molecule has 0 aromatic carbocycles. The molecule has 2 aliphatic rings. The Kier molecular flexibility index (Phi) is 3.29. The molecule has 1 unspecified atom stereocenters. The summed E-state index contributed by atoms with van der Waals surface area (Å²) >= 11 is 0. The van der Waals surface area contributed by atoms with Crippen molar-refractivity contribution in [2.24, 2.45) is 17.6 Å². The number of hydrogen-bond donors (Lipinski definition) is 1. The molecule has 4 nitrogen and oxygen atoms in total. The normalized spacial score (nSPS) is 36.6. The van der Waals surface area contributed by atoms with Gasteiger partial charge >= 0.3 is 0 Å². The number of hydrogen-bond acceptors (Lipinski definition) is 3. The largest absolute Gasteiger partial charge is 0.328 e. The zero-order valence-corrected chi connectivity index (χ0v) is 10.9. The van der Waals surface area contributed by atoms with Crippen LogP contribution in [0.15, 0.2) is 0 Å². The van der Waals surface area contributed by atoms with E-state index in [1.807, 2.05) is 0 Å². The van der Waals surface area contributed by atoms with E-state index < -0.39 is 10.0 Å². The van der Waals surface area contributed by atoms with Crippen molar-refractivity contribution in [3.05, 3.63) is 0 Å². The Labute approximate surface area is 98.2 Å². The summed E-state index contributed by atoms with van der Waals surface area (Å²) in [7, 11) is -3.06. The summed E-state index contributed by atoms with van der Waals surface area (Å²) < 4.78 is 25.8. The average molecular weight is 246 g/mol. The molecule has 0 radical (unpaired) electrons. The first-order valence-corrected chi connectivity index (χ1v) is 7.66. The van der Waals surface area contributed by atoms with Crippen molar-refractivity contribution >= 4 is 10.0 Å². The molecule has 5 heteroatoms. The lowest BCUT2D eigenvalue weighted by Gasteiger charge is -2.28. The Hall–Kier alpha value is -0.130. The van der Waals surface area contributed by atoms with Crippen LogP contribution in [0.4, 0.5) is 0 Å². The van der Waals surface area contributed by atoms with E-state index in [1.165, 1.54) is 0 Å². The molecule has 1 aliphatic heterocycles. The molecule has 1 saturated heterocycles. The van der Waals surface area contributed by atoms with Crippen LogP contribution in [0.25, 0.3) is 0 Å². The fourth-order valence-corrected chi connectivity index (χ4v) is 4.33. The summed E-state index contributed by atoms with van der Waals surface area (Å²) in [5.74, 6) is 1.05. The van der Waals surface area contributed by atoms with Crippen LogP contribution in [-0.2, 0) is 10.0 Å². The first kappa shape index (κ1) is 12.3. The van der Waals surface area contributed by atoms with E-state index in [9.17, 15) is 8.42 Å². The first-order chi connectivity index (χ1) is 7.41. The highest BCUT2D eigenvalue weighted by atomic mass is 32.2. The summed E-state index contributed by atoms with van der Waals surface area (Å²) in [5.41, 5.74) is 5.94. The van der Waals surface area contributed by atoms with Gasteiger partial charge in [0.05, 0.1) is 5.25 Å². The average Bonchev–Trinajstić information content (AvgIpc) is 2.60. The van der Waals surface area contributed by atoms with Crippen molar-refractivity contribution in [1.29, 1.82) is 0 Å². The highest BCUT2D eigenvalue weighted by Crippen LogP contribution is 2.37. The van der Waals surface area contributed by atoms with Crippen molar-refractivity contribution in [1.82, 2.24) is 4.31 Å². The first-order valence-electron chi connectivity index (χ1n) is 6.15. The summed E-state index contributed by atoms with van der Waals surface area (Å²) in [6.07, 6.45) is 3.14. The van der Waals surface area contributed by atoms with Crippen molar-refractivity contribution in [2.45, 2.75) is 44.4 Å². The Morgan fingerprint density at radius 2 is 1.81 bits per heavy atom. The van der Waals surface area contributed by atoms with E-state index in [2.05, 4.69) is 0 Å². The molecule has 2 rings (SSSR count). The second-order valence-corrected chi connectivity index (χ2v) is 7.99.